The number of rotatable bonds is 4. The van der Waals surface area contributed by atoms with Gasteiger partial charge in [-0.2, -0.15) is 0 Å². The van der Waals surface area contributed by atoms with E-state index in [0.717, 1.165) is 19.2 Å². The summed E-state index contributed by atoms with van der Waals surface area (Å²) < 4.78 is 4.32. The third-order valence-corrected chi connectivity index (χ3v) is 2.03. The third-order valence-electron chi connectivity index (χ3n) is 2.03. The minimum Gasteiger partial charge on any atom is -0.465 e. The highest BCUT2D eigenvalue weighted by Gasteiger charge is 2.27. The van der Waals surface area contributed by atoms with Crippen molar-refractivity contribution in [2.45, 2.75) is 0 Å². The first kappa shape index (κ1) is 13.9. The number of azide groups is 1. The van der Waals surface area contributed by atoms with Crippen LogP contribution in [0.15, 0.2) is 17.2 Å². The van der Waals surface area contributed by atoms with Gasteiger partial charge in [-0.1, -0.05) is 0 Å². The van der Waals surface area contributed by atoms with E-state index in [2.05, 4.69) is 14.8 Å². The number of nitro benzene ring substituents is 2. The predicted molar refractivity (Wildman–Crippen MR) is 59.9 cm³/mol. The number of carbonyl (C=O) groups excluding carboxylic acids is 1. The molecule has 0 saturated heterocycles. The fourth-order valence-electron chi connectivity index (χ4n) is 1.27. The molecule has 0 heterocycles. The fraction of sp³-hybridized carbons (Fsp3) is 0.125. The van der Waals surface area contributed by atoms with Crippen molar-refractivity contribution in [3.05, 3.63) is 48.4 Å². The summed E-state index contributed by atoms with van der Waals surface area (Å²) in [4.78, 5) is 33.1. The Hall–Kier alpha value is -3.20. The molecule has 0 radical (unpaired) electrons. The molecule has 98 valence electrons. The Kier molecular flexibility index (Phi) is 3.96. The van der Waals surface area contributed by atoms with E-state index in [4.69, 9.17) is 5.53 Å². The molecule has 1 rings (SSSR count). The van der Waals surface area contributed by atoms with Crippen molar-refractivity contribution >= 4 is 23.0 Å². The topological polar surface area (TPSA) is 161 Å². The van der Waals surface area contributed by atoms with Gasteiger partial charge in [-0.05, 0) is 10.6 Å². The second kappa shape index (κ2) is 5.42. The lowest BCUT2D eigenvalue weighted by Crippen LogP contribution is -2.04. The summed E-state index contributed by atoms with van der Waals surface area (Å²) in [5.74, 6) is -0.987. The molecular formula is C8H5N5O6. The molecular weight excluding hydrogens is 262 g/mol. The molecule has 0 amide bonds. The lowest BCUT2D eigenvalue weighted by atomic mass is 10.1. The molecule has 0 bridgehead atoms. The SMILES string of the molecule is COC(=O)c1cc([N+](=O)[O-])c(N=[N+]=[N-])c([N+](=O)[O-])c1. The van der Waals surface area contributed by atoms with Crippen molar-refractivity contribution < 1.29 is 19.4 Å². The van der Waals surface area contributed by atoms with E-state index in [1.807, 2.05) is 0 Å². The van der Waals surface area contributed by atoms with Gasteiger partial charge in [0.1, 0.15) is 0 Å². The van der Waals surface area contributed by atoms with Crippen LogP contribution in [0.3, 0.4) is 0 Å². The fourth-order valence-corrected chi connectivity index (χ4v) is 1.27. The molecule has 1 aromatic carbocycles. The van der Waals surface area contributed by atoms with Crippen molar-refractivity contribution in [1.29, 1.82) is 0 Å². The van der Waals surface area contributed by atoms with Gasteiger partial charge in [-0.3, -0.25) is 20.2 Å². The van der Waals surface area contributed by atoms with E-state index in [0.29, 0.717) is 0 Å². The monoisotopic (exact) mass is 267 g/mol. The predicted octanol–water partition coefficient (Wildman–Crippen LogP) is 2.23. The van der Waals surface area contributed by atoms with Crippen LogP contribution >= 0.6 is 0 Å². The highest BCUT2D eigenvalue weighted by Crippen LogP contribution is 2.38. The van der Waals surface area contributed by atoms with Gasteiger partial charge in [-0.25, -0.2) is 4.79 Å². The smallest absolute Gasteiger partial charge is 0.338 e. The number of esters is 1. The Morgan fingerprint density at radius 2 is 1.79 bits per heavy atom. The van der Waals surface area contributed by atoms with Crippen LogP contribution in [0.5, 0.6) is 0 Å². The summed E-state index contributed by atoms with van der Waals surface area (Å²) in [7, 11) is 1.02. The van der Waals surface area contributed by atoms with Crippen LogP contribution in [0.4, 0.5) is 17.1 Å². The van der Waals surface area contributed by atoms with E-state index >= 15 is 0 Å². The van der Waals surface area contributed by atoms with Crippen molar-refractivity contribution in [1.82, 2.24) is 0 Å². The number of hydrogen-bond donors (Lipinski definition) is 0. The first-order valence-electron chi connectivity index (χ1n) is 4.52. The molecule has 11 heteroatoms. The van der Waals surface area contributed by atoms with Gasteiger partial charge in [0, 0.05) is 17.0 Å². The number of nitrogens with zero attached hydrogens (tertiary/aromatic N) is 5. The Morgan fingerprint density at radius 3 is 2.11 bits per heavy atom. The van der Waals surface area contributed by atoms with Crippen LogP contribution < -0.4 is 0 Å². The molecule has 0 aliphatic rings. The Labute approximate surface area is 104 Å². The van der Waals surface area contributed by atoms with Gasteiger partial charge in [0.2, 0.25) is 0 Å². The molecule has 0 atom stereocenters. The van der Waals surface area contributed by atoms with Gasteiger partial charge in [0.15, 0.2) is 5.69 Å². The van der Waals surface area contributed by atoms with Gasteiger partial charge in [0.25, 0.3) is 11.4 Å². The van der Waals surface area contributed by atoms with Crippen molar-refractivity contribution in [3.63, 3.8) is 0 Å². The van der Waals surface area contributed by atoms with Crippen LogP contribution in [0.25, 0.3) is 10.4 Å². The van der Waals surface area contributed by atoms with E-state index in [-0.39, 0.29) is 0 Å². The standard InChI is InChI=1S/C8H5N5O6/c1-19-8(14)4-2-5(12(15)16)7(10-11-9)6(3-4)13(17)18/h2-3H,1H3. The van der Waals surface area contributed by atoms with Gasteiger partial charge >= 0.3 is 5.97 Å². The molecule has 11 nitrogen and oxygen atoms in total. The zero-order valence-corrected chi connectivity index (χ0v) is 9.34. The summed E-state index contributed by atoms with van der Waals surface area (Å²) in [5.41, 5.74) is 5.41. The number of benzene rings is 1. The second-order valence-electron chi connectivity index (χ2n) is 3.06. The zero-order chi connectivity index (χ0) is 14.6. The number of nitro groups is 2. The summed E-state index contributed by atoms with van der Waals surface area (Å²) in [6.45, 7) is 0. The molecule has 0 saturated carbocycles. The first-order valence-corrected chi connectivity index (χ1v) is 4.52. The van der Waals surface area contributed by atoms with E-state index < -0.39 is 38.4 Å². The molecule has 1 aromatic rings. The maximum Gasteiger partial charge on any atom is 0.338 e. The molecule has 0 aliphatic carbocycles. The van der Waals surface area contributed by atoms with Gasteiger partial charge in [0.05, 0.1) is 22.5 Å². The molecule has 0 aromatic heterocycles. The molecule has 0 spiro atoms. The quantitative estimate of drug-likeness (QED) is 0.203. The molecule has 0 unspecified atom stereocenters. The maximum absolute atomic E-state index is 11.3. The normalized spacial score (nSPS) is 9.32. The highest BCUT2D eigenvalue weighted by atomic mass is 16.6. The average Bonchev–Trinajstić information content (AvgIpc) is 2.37. The molecule has 19 heavy (non-hydrogen) atoms. The summed E-state index contributed by atoms with van der Waals surface area (Å²) in [6.07, 6.45) is 0. The zero-order valence-electron chi connectivity index (χ0n) is 9.34. The van der Waals surface area contributed by atoms with Crippen LogP contribution in [-0.4, -0.2) is 22.9 Å². The number of ether oxygens (including phenoxy) is 1. The van der Waals surface area contributed by atoms with E-state index in [1.54, 1.807) is 0 Å². The maximum atomic E-state index is 11.3. The van der Waals surface area contributed by atoms with E-state index in [9.17, 15) is 25.0 Å². The molecule has 0 aliphatic heterocycles. The van der Waals surface area contributed by atoms with Crippen LogP contribution in [0.1, 0.15) is 10.4 Å². The minimum atomic E-state index is -0.997. The van der Waals surface area contributed by atoms with Crippen molar-refractivity contribution in [2.24, 2.45) is 5.11 Å². The van der Waals surface area contributed by atoms with Crippen molar-refractivity contribution in [2.75, 3.05) is 7.11 Å². The summed E-state index contributed by atoms with van der Waals surface area (Å²) in [6, 6.07) is 1.48. The minimum absolute atomic E-state index is 0.391. The van der Waals surface area contributed by atoms with Gasteiger partial charge in [-0.15, -0.1) is 0 Å². The molecule has 0 fully saturated rings. The number of hydrogen-bond acceptors (Lipinski definition) is 7. The Balaban J connectivity index is 3.71. The first-order chi connectivity index (χ1) is 8.92. The van der Waals surface area contributed by atoms with Crippen LogP contribution in [-0.2, 0) is 4.74 Å². The number of carbonyl (C=O) groups is 1. The lowest BCUT2D eigenvalue weighted by molar-refractivity contribution is -0.392. The second-order valence-corrected chi connectivity index (χ2v) is 3.06. The largest absolute Gasteiger partial charge is 0.465 e. The highest BCUT2D eigenvalue weighted by molar-refractivity contribution is 5.93. The summed E-state index contributed by atoms with van der Waals surface area (Å²) in [5, 5.41) is 24.5. The van der Waals surface area contributed by atoms with Gasteiger partial charge < -0.3 is 4.74 Å². The lowest BCUT2D eigenvalue weighted by Gasteiger charge is -2.02. The van der Waals surface area contributed by atoms with Crippen molar-refractivity contribution in [3.8, 4) is 0 Å². The molecule has 0 N–H and O–H groups in total. The Morgan fingerprint density at radius 1 is 1.32 bits per heavy atom. The number of methoxy groups -OCH3 is 1. The third kappa shape index (κ3) is 2.73. The van der Waals surface area contributed by atoms with E-state index in [1.165, 1.54) is 0 Å². The summed E-state index contributed by atoms with van der Waals surface area (Å²) >= 11 is 0. The van der Waals surface area contributed by atoms with Crippen LogP contribution in [0, 0.1) is 20.2 Å². The average molecular weight is 267 g/mol. The Bertz CT molecular complexity index is 585. The van der Waals surface area contributed by atoms with Crippen LogP contribution in [0.2, 0.25) is 0 Å².